The average Bonchev–Trinajstić information content (AvgIpc) is 2.57. The van der Waals surface area contributed by atoms with Gasteiger partial charge < -0.3 is 4.74 Å². The third-order valence-electron chi connectivity index (χ3n) is 3.70. The Balaban J connectivity index is 1.70. The van der Waals surface area contributed by atoms with Crippen molar-refractivity contribution in [2.24, 2.45) is 0 Å². The fourth-order valence-electron chi connectivity index (χ4n) is 2.25. The highest BCUT2D eigenvalue weighted by molar-refractivity contribution is 7.89. The van der Waals surface area contributed by atoms with Gasteiger partial charge >= 0.3 is 0 Å². The maximum absolute atomic E-state index is 12.8. The molecule has 0 aliphatic heterocycles. The summed E-state index contributed by atoms with van der Waals surface area (Å²) < 4.78 is 44.5. The standard InChI is InChI=1S/C18H22FNO3S/c1-15(16-5-3-2-4-6-16)11-12-20-24(21,22)14-13-23-18-9-7-17(19)8-10-18/h2-10,15,20H,11-14H2,1H3. The lowest BCUT2D eigenvalue weighted by molar-refractivity contribution is 0.339. The Morgan fingerprint density at radius 2 is 1.75 bits per heavy atom. The van der Waals surface area contributed by atoms with Crippen molar-refractivity contribution in [2.75, 3.05) is 18.9 Å². The summed E-state index contributed by atoms with van der Waals surface area (Å²) in [6.07, 6.45) is 0.724. The number of benzene rings is 2. The average molecular weight is 351 g/mol. The maximum atomic E-state index is 12.8. The fraction of sp³-hybridized carbons (Fsp3) is 0.333. The van der Waals surface area contributed by atoms with Crippen LogP contribution in [0.4, 0.5) is 4.39 Å². The van der Waals surface area contributed by atoms with Gasteiger partial charge in [-0.3, -0.25) is 0 Å². The molecule has 4 nitrogen and oxygen atoms in total. The van der Waals surface area contributed by atoms with Crippen LogP contribution < -0.4 is 9.46 Å². The Kier molecular flexibility index (Phi) is 6.75. The summed E-state index contributed by atoms with van der Waals surface area (Å²) in [6.45, 7) is 2.48. The van der Waals surface area contributed by atoms with E-state index in [0.717, 1.165) is 6.42 Å². The van der Waals surface area contributed by atoms with Crippen molar-refractivity contribution in [3.05, 3.63) is 66.0 Å². The van der Waals surface area contributed by atoms with Gasteiger partial charge in [0.15, 0.2) is 0 Å². The predicted molar refractivity (Wildman–Crippen MR) is 93.2 cm³/mol. The molecule has 1 unspecified atom stereocenters. The number of halogens is 1. The molecule has 6 heteroatoms. The molecule has 0 aromatic heterocycles. The lowest BCUT2D eigenvalue weighted by Gasteiger charge is -2.13. The van der Waals surface area contributed by atoms with Crippen molar-refractivity contribution in [2.45, 2.75) is 19.3 Å². The van der Waals surface area contributed by atoms with Crippen molar-refractivity contribution in [3.8, 4) is 5.75 Å². The Morgan fingerprint density at radius 3 is 2.42 bits per heavy atom. The zero-order chi connectivity index (χ0) is 17.4. The molecule has 2 aromatic carbocycles. The van der Waals surface area contributed by atoms with E-state index in [2.05, 4.69) is 11.6 Å². The van der Waals surface area contributed by atoms with Crippen LogP contribution in [0.15, 0.2) is 54.6 Å². The van der Waals surface area contributed by atoms with Crippen molar-refractivity contribution in [1.82, 2.24) is 4.72 Å². The van der Waals surface area contributed by atoms with Crippen molar-refractivity contribution >= 4 is 10.0 Å². The van der Waals surface area contributed by atoms with Crippen LogP contribution >= 0.6 is 0 Å². The van der Waals surface area contributed by atoms with Crippen molar-refractivity contribution in [3.63, 3.8) is 0 Å². The Bertz CT molecular complexity index is 718. The van der Waals surface area contributed by atoms with Gasteiger partial charge in [0.2, 0.25) is 10.0 Å². The molecule has 0 amide bonds. The number of rotatable bonds is 9. The van der Waals surface area contributed by atoms with Gasteiger partial charge in [-0.1, -0.05) is 37.3 Å². The molecule has 2 aromatic rings. The molecule has 1 atom stereocenters. The second kappa shape index (κ2) is 8.80. The van der Waals surface area contributed by atoms with Crippen LogP contribution in [0, 0.1) is 5.82 Å². The second-order valence-corrected chi connectivity index (χ2v) is 7.54. The van der Waals surface area contributed by atoms with Gasteiger partial charge in [-0.2, -0.15) is 0 Å². The number of hydrogen-bond acceptors (Lipinski definition) is 3. The first kappa shape index (κ1) is 18.4. The first-order chi connectivity index (χ1) is 11.5. The zero-order valence-electron chi connectivity index (χ0n) is 13.6. The number of hydrogen-bond donors (Lipinski definition) is 1. The van der Waals surface area contributed by atoms with Crippen LogP contribution in [0.2, 0.25) is 0 Å². The van der Waals surface area contributed by atoms with Crippen LogP contribution in [0.1, 0.15) is 24.8 Å². The van der Waals surface area contributed by atoms with Gasteiger partial charge in [0.1, 0.15) is 18.2 Å². The summed E-state index contributed by atoms with van der Waals surface area (Å²) >= 11 is 0. The molecule has 0 radical (unpaired) electrons. The maximum Gasteiger partial charge on any atom is 0.214 e. The van der Waals surface area contributed by atoms with E-state index in [4.69, 9.17) is 4.74 Å². The molecule has 2 rings (SSSR count). The Labute approximate surface area is 142 Å². The summed E-state index contributed by atoms with van der Waals surface area (Å²) in [4.78, 5) is 0. The molecule has 0 saturated heterocycles. The third kappa shape index (κ3) is 6.29. The minimum Gasteiger partial charge on any atom is -0.492 e. The van der Waals surface area contributed by atoms with Gasteiger partial charge in [0, 0.05) is 6.54 Å². The van der Waals surface area contributed by atoms with Gasteiger partial charge in [-0.15, -0.1) is 0 Å². The van der Waals surface area contributed by atoms with Gasteiger partial charge in [-0.25, -0.2) is 17.5 Å². The summed E-state index contributed by atoms with van der Waals surface area (Å²) in [5.74, 6) is 0.238. The summed E-state index contributed by atoms with van der Waals surface area (Å²) in [5.41, 5.74) is 1.19. The SMILES string of the molecule is CC(CCNS(=O)(=O)CCOc1ccc(F)cc1)c1ccccc1. The first-order valence-electron chi connectivity index (χ1n) is 7.87. The quantitative estimate of drug-likeness (QED) is 0.754. The van der Waals surface area contributed by atoms with E-state index in [1.807, 2.05) is 30.3 Å². The van der Waals surface area contributed by atoms with Gasteiger partial charge in [0.25, 0.3) is 0 Å². The molecule has 0 spiro atoms. The highest BCUT2D eigenvalue weighted by Gasteiger charge is 2.12. The van der Waals surface area contributed by atoms with Gasteiger partial charge in [-0.05, 0) is 42.2 Å². The van der Waals surface area contributed by atoms with Crippen LogP contribution in [-0.2, 0) is 10.0 Å². The number of ether oxygens (including phenoxy) is 1. The van der Waals surface area contributed by atoms with Crippen LogP contribution in [0.25, 0.3) is 0 Å². The number of nitrogens with one attached hydrogen (secondary N) is 1. The number of sulfonamides is 1. The lowest BCUT2D eigenvalue weighted by Crippen LogP contribution is -2.30. The largest absolute Gasteiger partial charge is 0.492 e. The topological polar surface area (TPSA) is 55.4 Å². The molecule has 24 heavy (non-hydrogen) atoms. The minimum atomic E-state index is -3.39. The lowest BCUT2D eigenvalue weighted by atomic mass is 9.98. The fourth-order valence-corrected chi connectivity index (χ4v) is 3.13. The zero-order valence-corrected chi connectivity index (χ0v) is 14.4. The molecular weight excluding hydrogens is 329 g/mol. The van der Waals surface area contributed by atoms with E-state index in [1.54, 1.807) is 0 Å². The summed E-state index contributed by atoms with van der Waals surface area (Å²) in [6, 6.07) is 15.5. The molecule has 1 N–H and O–H groups in total. The first-order valence-corrected chi connectivity index (χ1v) is 9.52. The van der Waals surface area contributed by atoms with E-state index in [1.165, 1.54) is 29.8 Å². The summed E-state index contributed by atoms with van der Waals surface area (Å²) in [7, 11) is -3.39. The third-order valence-corrected chi connectivity index (χ3v) is 5.05. The molecule has 0 fully saturated rings. The highest BCUT2D eigenvalue weighted by atomic mass is 32.2. The molecule has 130 valence electrons. The summed E-state index contributed by atoms with van der Waals surface area (Å²) in [5, 5.41) is 0. The van der Waals surface area contributed by atoms with E-state index < -0.39 is 10.0 Å². The Hall–Kier alpha value is -1.92. The Morgan fingerprint density at radius 1 is 1.08 bits per heavy atom. The van der Waals surface area contributed by atoms with Crippen LogP contribution in [-0.4, -0.2) is 27.3 Å². The van der Waals surface area contributed by atoms with Crippen LogP contribution in [0.5, 0.6) is 5.75 Å². The van der Waals surface area contributed by atoms with Crippen LogP contribution in [0.3, 0.4) is 0 Å². The normalized spacial score (nSPS) is 12.8. The van der Waals surface area contributed by atoms with E-state index in [9.17, 15) is 12.8 Å². The molecule has 0 bridgehead atoms. The van der Waals surface area contributed by atoms with Crippen molar-refractivity contribution < 1.29 is 17.5 Å². The molecule has 0 heterocycles. The second-order valence-electron chi connectivity index (χ2n) is 5.62. The predicted octanol–water partition coefficient (Wildman–Crippen LogP) is 3.32. The van der Waals surface area contributed by atoms with Crippen molar-refractivity contribution in [1.29, 1.82) is 0 Å². The highest BCUT2D eigenvalue weighted by Crippen LogP contribution is 2.17. The molecule has 0 aliphatic carbocycles. The van der Waals surface area contributed by atoms with E-state index in [-0.39, 0.29) is 24.1 Å². The van der Waals surface area contributed by atoms with E-state index >= 15 is 0 Å². The molecular formula is C18H22FNO3S. The smallest absolute Gasteiger partial charge is 0.214 e. The molecule has 0 aliphatic rings. The van der Waals surface area contributed by atoms with E-state index in [0.29, 0.717) is 12.3 Å². The monoisotopic (exact) mass is 351 g/mol. The van der Waals surface area contributed by atoms with Gasteiger partial charge in [0.05, 0.1) is 5.75 Å². The minimum absolute atomic E-state index is 0.0230. The molecule has 0 saturated carbocycles.